The molecule has 0 spiro atoms. The first-order valence-corrected chi connectivity index (χ1v) is 6.16. The van der Waals surface area contributed by atoms with E-state index >= 15 is 0 Å². The number of rotatable bonds is 4. The third kappa shape index (κ3) is 3.67. The molecule has 19 heavy (non-hydrogen) atoms. The van der Waals surface area contributed by atoms with Crippen molar-refractivity contribution in [3.8, 4) is 6.07 Å². The molecule has 98 valence electrons. The molecule has 2 N–H and O–H groups in total. The Hall–Kier alpha value is -2.12. The highest BCUT2D eigenvalue weighted by Crippen LogP contribution is 2.12. The van der Waals surface area contributed by atoms with Gasteiger partial charge in [0.25, 0.3) is 0 Å². The Morgan fingerprint density at radius 3 is 2.84 bits per heavy atom. The van der Waals surface area contributed by atoms with Gasteiger partial charge in [-0.05, 0) is 48.7 Å². The molecule has 2 aromatic rings. The third-order valence-electron chi connectivity index (χ3n) is 2.82. The second kappa shape index (κ2) is 5.68. The summed E-state index contributed by atoms with van der Waals surface area (Å²) >= 11 is 0. The molecule has 0 bridgehead atoms. The van der Waals surface area contributed by atoms with E-state index in [2.05, 4.69) is 0 Å². The smallest absolute Gasteiger partial charge is 0.124 e. The molecule has 0 aliphatic rings. The first-order chi connectivity index (χ1) is 9.06. The molecule has 2 rings (SSSR count). The van der Waals surface area contributed by atoms with Gasteiger partial charge in [0.1, 0.15) is 5.82 Å². The van der Waals surface area contributed by atoms with Crippen LogP contribution in [0, 0.1) is 17.1 Å². The lowest BCUT2D eigenvalue weighted by atomic mass is 10.1. The molecule has 1 unspecified atom stereocenters. The van der Waals surface area contributed by atoms with Crippen molar-refractivity contribution in [1.82, 2.24) is 4.57 Å². The van der Waals surface area contributed by atoms with E-state index in [1.807, 2.05) is 36.0 Å². The van der Waals surface area contributed by atoms with Crippen molar-refractivity contribution < 1.29 is 4.39 Å². The van der Waals surface area contributed by atoms with Crippen molar-refractivity contribution >= 4 is 0 Å². The molecule has 4 heteroatoms. The highest BCUT2D eigenvalue weighted by molar-refractivity contribution is 5.34. The van der Waals surface area contributed by atoms with E-state index in [9.17, 15) is 4.39 Å². The third-order valence-corrected chi connectivity index (χ3v) is 2.82. The standard InChI is InChI=1S/C15H16FN3/c1-11(18)4-12-2-3-19(9-12)10-14-5-13(8-17)6-15(16)7-14/h2-3,5-7,9,11H,4,10,18H2,1H3. The maximum atomic E-state index is 13.3. The van der Waals surface area contributed by atoms with Crippen molar-refractivity contribution in [2.45, 2.75) is 25.9 Å². The molecule has 0 radical (unpaired) electrons. The van der Waals surface area contributed by atoms with Crippen LogP contribution in [0.5, 0.6) is 0 Å². The predicted molar refractivity (Wildman–Crippen MR) is 72.0 cm³/mol. The summed E-state index contributed by atoms with van der Waals surface area (Å²) in [6.07, 6.45) is 4.76. The number of nitrogens with zero attached hydrogens (tertiary/aromatic N) is 2. The largest absolute Gasteiger partial charge is 0.350 e. The SMILES string of the molecule is CC(N)Cc1ccn(Cc2cc(F)cc(C#N)c2)c1. The molecule has 1 aromatic carbocycles. The average Bonchev–Trinajstić information content (AvgIpc) is 2.74. The topological polar surface area (TPSA) is 54.7 Å². The summed E-state index contributed by atoms with van der Waals surface area (Å²) in [5.74, 6) is -0.378. The number of aromatic nitrogens is 1. The van der Waals surface area contributed by atoms with E-state index in [-0.39, 0.29) is 11.9 Å². The van der Waals surface area contributed by atoms with Gasteiger partial charge in [0.15, 0.2) is 0 Å². The minimum atomic E-state index is -0.378. The molecule has 1 aromatic heterocycles. The van der Waals surface area contributed by atoms with Crippen LogP contribution in [0.3, 0.4) is 0 Å². The summed E-state index contributed by atoms with van der Waals surface area (Å²) in [5, 5.41) is 8.82. The Balaban J connectivity index is 2.15. The van der Waals surface area contributed by atoms with Crippen molar-refractivity contribution in [2.24, 2.45) is 5.73 Å². The van der Waals surface area contributed by atoms with Gasteiger partial charge in [-0.25, -0.2) is 4.39 Å². The normalized spacial score (nSPS) is 12.1. The van der Waals surface area contributed by atoms with Gasteiger partial charge < -0.3 is 10.3 Å². The minimum absolute atomic E-state index is 0.121. The number of benzene rings is 1. The van der Waals surface area contributed by atoms with Crippen LogP contribution in [-0.2, 0) is 13.0 Å². The summed E-state index contributed by atoms with van der Waals surface area (Å²) in [4.78, 5) is 0. The molecule has 0 saturated carbocycles. The molecule has 1 atom stereocenters. The van der Waals surface area contributed by atoms with Gasteiger partial charge in [0.2, 0.25) is 0 Å². The molecule has 3 nitrogen and oxygen atoms in total. The Labute approximate surface area is 112 Å². The highest BCUT2D eigenvalue weighted by Gasteiger charge is 2.04. The fourth-order valence-corrected chi connectivity index (χ4v) is 2.10. The van der Waals surface area contributed by atoms with Crippen LogP contribution in [0.4, 0.5) is 4.39 Å². The fourth-order valence-electron chi connectivity index (χ4n) is 2.10. The van der Waals surface area contributed by atoms with Gasteiger partial charge in [-0.15, -0.1) is 0 Å². The molecule has 0 amide bonds. The van der Waals surface area contributed by atoms with E-state index in [4.69, 9.17) is 11.0 Å². The van der Waals surface area contributed by atoms with Gasteiger partial charge in [0, 0.05) is 25.0 Å². The Bertz CT molecular complexity index is 608. The summed E-state index contributed by atoms with van der Waals surface area (Å²) in [7, 11) is 0. The van der Waals surface area contributed by atoms with E-state index in [1.54, 1.807) is 6.07 Å². The zero-order valence-electron chi connectivity index (χ0n) is 10.8. The quantitative estimate of drug-likeness (QED) is 0.914. The summed E-state index contributed by atoms with van der Waals surface area (Å²) in [6.45, 7) is 2.51. The number of nitriles is 1. The molecular formula is C15H16FN3. The van der Waals surface area contributed by atoms with Crippen molar-refractivity contribution in [3.05, 3.63) is 59.2 Å². The van der Waals surface area contributed by atoms with Gasteiger partial charge in [-0.2, -0.15) is 5.26 Å². The Morgan fingerprint density at radius 1 is 1.37 bits per heavy atom. The zero-order valence-corrected chi connectivity index (χ0v) is 10.8. The monoisotopic (exact) mass is 257 g/mol. The van der Waals surface area contributed by atoms with Gasteiger partial charge in [0.05, 0.1) is 11.6 Å². The minimum Gasteiger partial charge on any atom is -0.350 e. The lowest BCUT2D eigenvalue weighted by Gasteiger charge is -2.05. The van der Waals surface area contributed by atoms with Crippen molar-refractivity contribution in [1.29, 1.82) is 5.26 Å². The predicted octanol–water partition coefficient (Wildman–Crippen LogP) is 2.44. The van der Waals surface area contributed by atoms with Gasteiger partial charge in [-0.1, -0.05) is 0 Å². The van der Waals surface area contributed by atoms with Gasteiger partial charge in [-0.3, -0.25) is 0 Å². The molecule has 1 heterocycles. The number of hydrogen-bond donors (Lipinski definition) is 1. The fraction of sp³-hybridized carbons (Fsp3) is 0.267. The Morgan fingerprint density at radius 2 is 2.16 bits per heavy atom. The van der Waals surface area contributed by atoms with E-state index in [0.717, 1.165) is 17.5 Å². The molecule has 0 aliphatic heterocycles. The van der Waals surface area contributed by atoms with E-state index in [0.29, 0.717) is 12.1 Å². The van der Waals surface area contributed by atoms with Crippen LogP contribution in [0.2, 0.25) is 0 Å². The highest BCUT2D eigenvalue weighted by atomic mass is 19.1. The molecular weight excluding hydrogens is 241 g/mol. The summed E-state index contributed by atoms with van der Waals surface area (Å²) < 4.78 is 15.3. The van der Waals surface area contributed by atoms with Crippen LogP contribution < -0.4 is 5.73 Å². The lowest BCUT2D eigenvalue weighted by molar-refractivity contribution is 0.623. The van der Waals surface area contributed by atoms with Crippen LogP contribution in [0.25, 0.3) is 0 Å². The second-order valence-corrected chi connectivity index (χ2v) is 4.83. The molecule has 0 saturated heterocycles. The molecule has 0 aliphatic carbocycles. The zero-order chi connectivity index (χ0) is 13.8. The number of hydrogen-bond acceptors (Lipinski definition) is 2. The number of halogens is 1. The lowest BCUT2D eigenvalue weighted by Crippen LogP contribution is -2.17. The van der Waals surface area contributed by atoms with Crippen LogP contribution >= 0.6 is 0 Å². The first-order valence-electron chi connectivity index (χ1n) is 6.16. The molecule has 0 fully saturated rings. The number of nitrogens with two attached hydrogens (primary N) is 1. The summed E-state index contributed by atoms with van der Waals surface area (Å²) in [6, 6.07) is 8.48. The van der Waals surface area contributed by atoms with E-state index < -0.39 is 0 Å². The van der Waals surface area contributed by atoms with Crippen LogP contribution in [0.1, 0.15) is 23.6 Å². The second-order valence-electron chi connectivity index (χ2n) is 4.83. The van der Waals surface area contributed by atoms with Crippen molar-refractivity contribution in [2.75, 3.05) is 0 Å². The Kier molecular flexibility index (Phi) is 3.98. The van der Waals surface area contributed by atoms with Crippen LogP contribution in [-0.4, -0.2) is 10.6 Å². The maximum Gasteiger partial charge on any atom is 0.124 e. The van der Waals surface area contributed by atoms with Crippen molar-refractivity contribution in [3.63, 3.8) is 0 Å². The average molecular weight is 257 g/mol. The summed E-state index contributed by atoms with van der Waals surface area (Å²) in [5.41, 5.74) is 8.03. The van der Waals surface area contributed by atoms with Gasteiger partial charge >= 0.3 is 0 Å². The van der Waals surface area contributed by atoms with E-state index in [1.165, 1.54) is 12.1 Å². The first kappa shape index (κ1) is 13.3. The van der Waals surface area contributed by atoms with Crippen LogP contribution in [0.15, 0.2) is 36.7 Å². The maximum absolute atomic E-state index is 13.3.